The fourth-order valence-electron chi connectivity index (χ4n) is 2.95. The molecule has 156 valence electrons. The van der Waals surface area contributed by atoms with Gasteiger partial charge in [-0.15, -0.1) is 0 Å². The quantitative estimate of drug-likeness (QED) is 0.555. The van der Waals surface area contributed by atoms with Crippen LogP contribution in [0, 0.1) is 17.5 Å². The van der Waals surface area contributed by atoms with Crippen LogP contribution in [0.2, 0.25) is 0 Å². The molecule has 0 aliphatic heterocycles. The lowest BCUT2D eigenvalue weighted by Gasteiger charge is -2.18. The van der Waals surface area contributed by atoms with Crippen LogP contribution in [-0.2, 0) is 9.59 Å². The topological polar surface area (TPSA) is 62.6 Å². The van der Waals surface area contributed by atoms with E-state index in [1.807, 2.05) is 37.3 Å². The first-order valence-corrected chi connectivity index (χ1v) is 9.38. The van der Waals surface area contributed by atoms with Gasteiger partial charge in [0, 0.05) is 12.5 Å². The monoisotopic (exact) mass is 408 g/mol. The number of hydrogen-bond acceptors (Lipinski definition) is 2. The molecule has 0 radical (unpaired) electrons. The van der Waals surface area contributed by atoms with E-state index in [1.165, 1.54) is 0 Å². The van der Waals surface area contributed by atoms with E-state index in [4.69, 9.17) is 0 Å². The second-order valence-corrected chi connectivity index (χ2v) is 6.90. The van der Waals surface area contributed by atoms with Crippen LogP contribution in [-0.4, -0.2) is 38.5 Å². The highest BCUT2D eigenvalue weighted by molar-refractivity contribution is 5.91. The molecule has 0 aliphatic carbocycles. The molecular weight excluding hydrogens is 383 g/mol. The number of quaternary nitrogens is 1. The molecule has 0 saturated heterocycles. The van der Waals surface area contributed by atoms with Crippen LogP contribution in [0.15, 0.2) is 42.5 Å². The zero-order chi connectivity index (χ0) is 21.4. The van der Waals surface area contributed by atoms with Gasteiger partial charge in [-0.2, -0.15) is 0 Å². The van der Waals surface area contributed by atoms with E-state index in [2.05, 4.69) is 10.6 Å². The summed E-state index contributed by atoms with van der Waals surface area (Å²) in [7, 11) is 1.63. The Labute approximate surface area is 167 Å². The van der Waals surface area contributed by atoms with Crippen LogP contribution < -0.4 is 15.5 Å². The molecule has 2 rings (SSSR count). The van der Waals surface area contributed by atoms with Crippen molar-refractivity contribution in [3.8, 4) is 0 Å². The van der Waals surface area contributed by atoms with Crippen molar-refractivity contribution in [2.75, 3.05) is 32.0 Å². The van der Waals surface area contributed by atoms with E-state index in [9.17, 15) is 22.8 Å². The molecular formula is C21H25F3N3O2+. The van der Waals surface area contributed by atoms with Crippen LogP contribution in [0.4, 0.5) is 18.9 Å². The summed E-state index contributed by atoms with van der Waals surface area (Å²) in [5, 5.41) is 5.06. The summed E-state index contributed by atoms with van der Waals surface area (Å²) in [4.78, 5) is 24.7. The number of halogens is 3. The van der Waals surface area contributed by atoms with Gasteiger partial charge in [0.1, 0.15) is 0 Å². The molecule has 2 aromatic rings. The molecule has 2 aromatic carbocycles. The lowest BCUT2D eigenvalue weighted by Crippen LogP contribution is -3.11. The maximum absolute atomic E-state index is 13.6. The number of anilines is 1. The van der Waals surface area contributed by atoms with Crippen molar-refractivity contribution in [1.29, 1.82) is 0 Å². The minimum atomic E-state index is -1.65. The molecule has 0 heterocycles. The third kappa shape index (κ3) is 6.60. The Kier molecular flexibility index (Phi) is 8.21. The average molecular weight is 408 g/mol. The first-order valence-electron chi connectivity index (χ1n) is 9.38. The lowest BCUT2D eigenvalue weighted by atomic mass is 9.96. The molecule has 2 amide bonds. The molecule has 0 aromatic heterocycles. The molecule has 29 heavy (non-hydrogen) atoms. The normalized spacial score (nSPS) is 12.9. The van der Waals surface area contributed by atoms with E-state index < -0.39 is 29.0 Å². The van der Waals surface area contributed by atoms with Crippen LogP contribution in [0.1, 0.15) is 24.8 Å². The Balaban J connectivity index is 1.80. The molecule has 0 spiro atoms. The largest absolute Gasteiger partial charge is 0.351 e. The Bertz CT molecular complexity index is 847. The third-order valence-electron chi connectivity index (χ3n) is 4.54. The molecule has 8 heteroatoms. The fourth-order valence-corrected chi connectivity index (χ4v) is 2.95. The van der Waals surface area contributed by atoms with Crippen molar-refractivity contribution in [3.63, 3.8) is 0 Å². The predicted molar refractivity (Wildman–Crippen MR) is 104 cm³/mol. The molecule has 3 N–H and O–H groups in total. The Hall–Kier alpha value is -2.87. The summed E-state index contributed by atoms with van der Waals surface area (Å²) in [6.45, 7) is 2.43. The molecule has 0 aliphatic rings. The van der Waals surface area contributed by atoms with Gasteiger partial charge < -0.3 is 15.5 Å². The van der Waals surface area contributed by atoms with Crippen molar-refractivity contribution in [3.05, 3.63) is 65.5 Å². The zero-order valence-corrected chi connectivity index (χ0v) is 16.4. The van der Waals surface area contributed by atoms with E-state index in [-0.39, 0.29) is 24.9 Å². The van der Waals surface area contributed by atoms with Crippen LogP contribution in [0.3, 0.4) is 0 Å². The highest BCUT2D eigenvalue weighted by Gasteiger charge is 2.19. The number of likely N-dealkylation sites (N-methyl/N-ethyl adjacent to an activating group) is 1. The van der Waals surface area contributed by atoms with Gasteiger partial charge >= 0.3 is 0 Å². The van der Waals surface area contributed by atoms with E-state index in [0.29, 0.717) is 11.4 Å². The number of carbonyl (C=O) groups is 2. The van der Waals surface area contributed by atoms with Crippen molar-refractivity contribution >= 4 is 17.5 Å². The Morgan fingerprint density at radius 1 is 0.966 bits per heavy atom. The van der Waals surface area contributed by atoms with Gasteiger partial charge in [-0.25, -0.2) is 13.2 Å². The molecule has 0 saturated carbocycles. The minimum Gasteiger partial charge on any atom is -0.351 e. The van der Waals surface area contributed by atoms with Gasteiger partial charge in [0.05, 0.1) is 12.7 Å². The summed E-state index contributed by atoms with van der Waals surface area (Å²) in [6, 6.07) is 11.5. The van der Waals surface area contributed by atoms with Gasteiger partial charge in [0.2, 0.25) is 0 Å². The molecule has 5 nitrogen and oxygen atoms in total. The molecule has 2 atom stereocenters. The third-order valence-corrected chi connectivity index (χ3v) is 4.54. The first kappa shape index (κ1) is 22.4. The number of carbonyl (C=O) groups excluding carboxylic acids is 2. The second kappa shape index (κ2) is 10.6. The summed E-state index contributed by atoms with van der Waals surface area (Å²) in [5.41, 5.74) is 0.698. The molecule has 1 unspecified atom stereocenters. The van der Waals surface area contributed by atoms with Crippen molar-refractivity contribution < 1.29 is 27.7 Å². The SMILES string of the molecule is CC[C@H](CNC(=O)C[NH+](C)CC(=O)Nc1ccc(F)c(F)c1F)c1ccccc1. The van der Waals surface area contributed by atoms with Crippen molar-refractivity contribution in [2.45, 2.75) is 19.3 Å². The molecule has 0 bridgehead atoms. The number of benzene rings is 2. The molecule has 0 fully saturated rings. The number of rotatable bonds is 9. The van der Waals surface area contributed by atoms with Crippen LogP contribution in [0.5, 0.6) is 0 Å². The van der Waals surface area contributed by atoms with Crippen molar-refractivity contribution in [1.82, 2.24) is 5.32 Å². The predicted octanol–water partition coefficient (Wildman–Crippen LogP) is 1.87. The summed E-state index contributed by atoms with van der Waals surface area (Å²) in [6.07, 6.45) is 0.870. The van der Waals surface area contributed by atoms with Gasteiger partial charge in [-0.3, -0.25) is 9.59 Å². The van der Waals surface area contributed by atoms with Gasteiger partial charge in [0.25, 0.3) is 11.8 Å². The highest BCUT2D eigenvalue weighted by atomic mass is 19.2. The number of nitrogens with one attached hydrogen (secondary N) is 3. The van der Waals surface area contributed by atoms with Crippen LogP contribution in [0.25, 0.3) is 0 Å². The summed E-state index contributed by atoms with van der Waals surface area (Å²) in [5.74, 6) is -5.08. The summed E-state index contributed by atoms with van der Waals surface area (Å²) >= 11 is 0. The first-order chi connectivity index (χ1) is 13.8. The maximum Gasteiger partial charge on any atom is 0.279 e. The van der Waals surface area contributed by atoms with Gasteiger partial charge in [0.15, 0.2) is 30.5 Å². The van der Waals surface area contributed by atoms with E-state index >= 15 is 0 Å². The standard InChI is InChI=1S/C21H24F3N3O2/c1-3-14(15-7-5-4-6-8-15)11-25-18(28)12-27(2)13-19(29)26-17-10-9-16(22)20(23)21(17)24/h4-10,14H,3,11-13H2,1-2H3,(H,25,28)(H,26,29)/p+1/t14-/m1/s1. The van der Waals surface area contributed by atoms with Gasteiger partial charge in [-0.05, 0) is 24.1 Å². The fraction of sp³-hybridized carbons (Fsp3) is 0.333. The van der Waals surface area contributed by atoms with E-state index in [0.717, 1.165) is 24.1 Å². The zero-order valence-electron chi connectivity index (χ0n) is 16.4. The van der Waals surface area contributed by atoms with Gasteiger partial charge in [-0.1, -0.05) is 37.3 Å². The second-order valence-electron chi connectivity index (χ2n) is 6.90. The maximum atomic E-state index is 13.6. The Morgan fingerprint density at radius 3 is 2.28 bits per heavy atom. The van der Waals surface area contributed by atoms with E-state index in [1.54, 1.807) is 7.05 Å². The number of hydrogen-bond donors (Lipinski definition) is 3. The highest BCUT2D eigenvalue weighted by Crippen LogP contribution is 2.19. The van der Waals surface area contributed by atoms with Crippen molar-refractivity contribution in [2.24, 2.45) is 0 Å². The number of amides is 2. The average Bonchev–Trinajstić information content (AvgIpc) is 2.69. The Morgan fingerprint density at radius 2 is 1.62 bits per heavy atom. The smallest absolute Gasteiger partial charge is 0.279 e. The summed E-state index contributed by atoms with van der Waals surface area (Å²) < 4.78 is 39.8. The van der Waals surface area contributed by atoms with Crippen LogP contribution >= 0.6 is 0 Å². The minimum absolute atomic E-state index is 0.0406. The lowest BCUT2D eigenvalue weighted by molar-refractivity contribution is -0.862.